The van der Waals surface area contributed by atoms with Gasteiger partial charge >= 0.3 is 5.97 Å². The normalized spacial score (nSPS) is 12.2. The fourth-order valence-corrected chi connectivity index (χ4v) is 3.34. The molecule has 0 radical (unpaired) electrons. The van der Waals surface area contributed by atoms with Gasteiger partial charge < -0.3 is 15.5 Å². The Labute approximate surface area is 181 Å². The van der Waals surface area contributed by atoms with Crippen LogP contribution in [-0.4, -0.2) is 28.1 Å². The second-order valence-electron chi connectivity index (χ2n) is 7.96. The summed E-state index contributed by atoms with van der Waals surface area (Å²) in [7, 11) is 0. The van der Waals surface area contributed by atoms with E-state index in [1.807, 2.05) is 0 Å². The number of carboxylic acid groups (broad SMARTS) is 1. The molecule has 0 aliphatic carbocycles. The molecule has 0 bridgehead atoms. The van der Waals surface area contributed by atoms with Gasteiger partial charge in [-0.1, -0.05) is 69.7 Å². The standard InChI is InChI=1S/C25H39NO4/c1-2-3-4-5-6-7-8-9-10-11-12-13-14-15-24(28)26-23(25(29)30)20-21-16-18-22(27)19-17-21/h7-8,16-19,23,27H,2-6,9-15,20H2,1H3,(H,26,28)(H,29,30)/t23-/m0/s1. The van der Waals surface area contributed by atoms with Crippen LogP contribution in [0.4, 0.5) is 0 Å². The molecule has 0 saturated carbocycles. The fraction of sp³-hybridized carbons (Fsp3) is 0.600. The minimum absolute atomic E-state index is 0.132. The van der Waals surface area contributed by atoms with Gasteiger partial charge in [-0.3, -0.25) is 4.79 Å². The summed E-state index contributed by atoms with van der Waals surface area (Å²) >= 11 is 0. The van der Waals surface area contributed by atoms with Crippen LogP contribution in [-0.2, 0) is 16.0 Å². The molecule has 1 atom stereocenters. The van der Waals surface area contributed by atoms with Gasteiger partial charge in [0.25, 0.3) is 0 Å². The third-order valence-electron chi connectivity index (χ3n) is 5.18. The van der Waals surface area contributed by atoms with Gasteiger partial charge in [-0.05, 0) is 49.8 Å². The van der Waals surface area contributed by atoms with E-state index in [-0.39, 0.29) is 18.1 Å². The molecule has 0 heterocycles. The van der Waals surface area contributed by atoms with Gasteiger partial charge in [-0.25, -0.2) is 4.79 Å². The summed E-state index contributed by atoms with van der Waals surface area (Å²) in [6, 6.07) is 5.41. The molecular formula is C25H39NO4. The molecular weight excluding hydrogens is 378 g/mol. The Balaban J connectivity index is 2.09. The average Bonchev–Trinajstić information content (AvgIpc) is 2.72. The highest BCUT2D eigenvalue weighted by atomic mass is 16.4. The van der Waals surface area contributed by atoms with Gasteiger partial charge in [0, 0.05) is 12.8 Å². The number of carbonyl (C=O) groups excluding carboxylic acids is 1. The number of amides is 1. The molecule has 0 aromatic heterocycles. The van der Waals surface area contributed by atoms with E-state index in [2.05, 4.69) is 24.4 Å². The third-order valence-corrected chi connectivity index (χ3v) is 5.18. The smallest absolute Gasteiger partial charge is 0.326 e. The number of rotatable bonds is 17. The zero-order chi connectivity index (χ0) is 22.0. The first-order valence-electron chi connectivity index (χ1n) is 11.5. The number of nitrogens with one attached hydrogen (secondary N) is 1. The van der Waals surface area contributed by atoms with E-state index in [0.29, 0.717) is 6.42 Å². The first-order valence-corrected chi connectivity index (χ1v) is 11.5. The predicted octanol–water partition coefficient (Wildman–Crippen LogP) is 5.76. The van der Waals surface area contributed by atoms with Crippen LogP contribution in [0.5, 0.6) is 5.75 Å². The summed E-state index contributed by atoms with van der Waals surface area (Å²) in [5.74, 6) is -1.13. The number of aromatic hydroxyl groups is 1. The minimum Gasteiger partial charge on any atom is -0.508 e. The van der Waals surface area contributed by atoms with Crippen molar-refractivity contribution in [2.75, 3.05) is 0 Å². The van der Waals surface area contributed by atoms with E-state index < -0.39 is 12.0 Å². The SMILES string of the molecule is CCCCCCC=CCCCCCCCC(=O)N[C@@H](Cc1ccc(O)cc1)C(=O)O. The number of carboxylic acids is 1. The van der Waals surface area contributed by atoms with Gasteiger partial charge in [-0.2, -0.15) is 0 Å². The Morgan fingerprint density at radius 1 is 0.900 bits per heavy atom. The van der Waals surface area contributed by atoms with Crippen LogP contribution in [0.2, 0.25) is 0 Å². The highest BCUT2D eigenvalue weighted by Gasteiger charge is 2.20. The zero-order valence-corrected chi connectivity index (χ0v) is 18.4. The van der Waals surface area contributed by atoms with Crippen LogP contribution in [0.25, 0.3) is 0 Å². The van der Waals surface area contributed by atoms with Crippen molar-refractivity contribution in [1.29, 1.82) is 0 Å². The molecule has 0 spiro atoms. The van der Waals surface area contributed by atoms with Crippen molar-refractivity contribution in [3.63, 3.8) is 0 Å². The van der Waals surface area contributed by atoms with Crippen LogP contribution in [0.1, 0.15) is 89.5 Å². The molecule has 1 rings (SSSR count). The van der Waals surface area contributed by atoms with Gasteiger partial charge in [0.15, 0.2) is 0 Å². The van der Waals surface area contributed by atoms with Crippen molar-refractivity contribution in [3.05, 3.63) is 42.0 Å². The molecule has 0 aliphatic rings. The van der Waals surface area contributed by atoms with Gasteiger partial charge in [-0.15, -0.1) is 0 Å². The molecule has 0 unspecified atom stereocenters. The maximum absolute atomic E-state index is 12.1. The lowest BCUT2D eigenvalue weighted by molar-refractivity contribution is -0.141. The number of aliphatic carboxylic acids is 1. The van der Waals surface area contributed by atoms with Crippen molar-refractivity contribution >= 4 is 11.9 Å². The molecule has 1 amide bonds. The fourth-order valence-electron chi connectivity index (χ4n) is 3.34. The van der Waals surface area contributed by atoms with Crippen LogP contribution in [0.15, 0.2) is 36.4 Å². The number of benzene rings is 1. The second kappa shape index (κ2) is 16.5. The largest absolute Gasteiger partial charge is 0.508 e. The Morgan fingerprint density at radius 3 is 2.07 bits per heavy atom. The Bertz CT molecular complexity index is 625. The highest BCUT2D eigenvalue weighted by molar-refractivity contribution is 5.83. The average molecular weight is 418 g/mol. The topological polar surface area (TPSA) is 86.6 Å². The molecule has 168 valence electrons. The summed E-state index contributed by atoms with van der Waals surface area (Å²) < 4.78 is 0. The van der Waals surface area contributed by atoms with E-state index in [1.165, 1.54) is 57.1 Å². The van der Waals surface area contributed by atoms with Gasteiger partial charge in [0.05, 0.1) is 0 Å². The van der Waals surface area contributed by atoms with Gasteiger partial charge in [0.1, 0.15) is 11.8 Å². The predicted molar refractivity (Wildman–Crippen MR) is 122 cm³/mol. The Kier molecular flexibility index (Phi) is 14.1. The van der Waals surface area contributed by atoms with Crippen LogP contribution >= 0.6 is 0 Å². The number of hydrogen-bond donors (Lipinski definition) is 3. The van der Waals surface area contributed by atoms with E-state index in [9.17, 15) is 19.8 Å². The number of allylic oxidation sites excluding steroid dienone is 2. The summed E-state index contributed by atoms with van der Waals surface area (Å²) in [6.07, 6.45) is 18.0. The molecule has 30 heavy (non-hydrogen) atoms. The lowest BCUT2D eigenvalue weighted by Gasteiger charge is -2.14. The van der Waals surface area contributed by atoms with Crippen LogP contribution in [0.3, 0.4) is 0 Å². The number of carbonyl (C=O) groups is 2. The molecule has 1 aromatic rings. The van der Waals surface area contributed by atoms with Crippen molar-refractivity contribution < 1.29 is 19.8 Å². The van der Waals surface area contributed by atoms with Crippen molar-refractivity contribution in [1.82, 2.24) is 5.32 Å². The monoisotopic (exact) mass is 417 g/mol. The number of phenols is 1. The molecule has 0 saturated heterocycles. The number of unbranched alkanes of at least 4 members (excludes halogenated alkanes) is 9. The number of hydrogen-bond acceptors (Lipinski definition) is 3. The van der Waals surface area contributed by atoms with E-state index in [1.54, 1.807) is 12.1 Å². The zero-order valence-electron chi connectivity index (χ0n) is 18.4. The molecule has 5 nitrogen and oxygen atoms in total. The highest BCUT2D eigenvalue weighted by Crippen LogP contribution is 2.12. The molecule has 5 heteroatoms. The Hall–Kier alpha value is -2.30. The quantitative estimate of drug-likeness (QED) is 0.222. The van der Waals surface area contributed by atoms with Crippen molar-refractivity contribution in [2.24, 2.45) is 0 Å². The minimum atomic E-state index is -1.05. The third kappa shape index (κ3) is 13.0. The van der Waals surface area contributed by atoms with E-state index >= 15 is 0 Å². The summed E-state index contributed by atoms with van der Waals surface area (Å²) in [6.45, 7) is 2.23. The first kappa shape index (κ1) is 25.7. The molecule has 0 fully saturated rings. The van der Waals surface area contributed by atoms with Gasteiger partial charge in [0.2, 0.25) is 5.91 Å². The molecule has 1 aromatic carbocycles. The summed E-state index contributed by atoms with van der Waals surface area (Å²) in [5.41, 5.74) is 0.760. The van der Waals surface area contributed by atoms with Crippen molar-refractivity contribution in [2.45, 2.75) is 96.4 Å². The number of phenolic OH excluding ortho intramolecular Hbond substituents is 1. The Morgan fingerprint density at radius 2 is 1.47 bits per heavy atom. The summed E-state index contributed by atoms with van der Waals surface area (Å²) in [5, 5.41) is 21.3. The van der Waals surface area contributed by atoms with E-state index in [4.69, 9.17) is 0 Å². The van der Waals surface area contributed by atoms with Crippen LogP contribution < -0.4 is 5.32 Å². The molecule has 0 aliphatic heterocycles. The van der Waals surface area contributed by atoms with Crippen molar-refractivity contribution in [3.8, 4) is 5.75 Å². The first-order chi connectivity index (χ1) is 14.5. The lowest BCUT2D eigenvalue weighted by atomic mass is 10.0. The molecule has 3 N–H and O–H groups in total. The maximum atomic E-state index is 12.1. The second-order valence-corrected chi connectivity index (χ2v) is 7.96. The maximum Gasteiger partial charge on any atom is 0.326 e. The van der Waals surface area contributed by atoms with E-state index in [0.717, 1.165) is 31.2 Å². The lowest BCUT2D eigenvalue weighted by Crippen LogP contribution is -2.42. The van der Waals surface area contributed by atoms with Crippen LogP contribution in [0, 0.1) is 0 Å². The summed E-state index contributed by atoms with van der Waals surface area (Å²) in [4.78, 5) is 23.5.